The minimum atomic E-state index is -0.824. The Kier molecular flexibility index (Phi) is 5.42. The summed E-state index contributed by atoms with van der Waals surface area (Å²) in [6.07, 6.45) is 3.08. The molecule has 94 valence electrons. The van der Waals surface area contributed by atoms with Crippen LogP contribution in [-0.4, -0.2) is 29.2 Å². The Morgan fingerprint density at radius 2 is 2.41 bits per heavy atom. The third-order valence-electron chi connectivity index (χ3n) is 2.46. The summed E-state index contributed by atoms with van der Waals surface area (Å²) < 4.78 is 5.10. The Balaban J connectivity index is 2.61. The summed E-state index contributed by atoms with van der Waals surface area (Å²) in [7, 11) is 1.55. The standard InChI is InChI=1S/C12H18N2O3/c1-3-5-10(12(15)16)14-8-9-6-4-7-13-11(9)17-2/h4,6-7,10,14H,3,5,8H2,1-2H3,(H,15,16). The molecule has 1 aromatic heterocycles. The molecule has 17 heavy (non-hydrogen) atoms. The van der Waals surface area contributed by atoms with Gasteiger partial charge in [-0.1, -0.05) is 19.4 Å². The largest absolute Gasteiger partial charge is 0.481 e. The first-order valence-corrected chi connectivity index (χ1v) is 5.63. The van der Waals surface area contributed by atoms with Crippen LogP contribution in [0.4, 0.5) is 0 Å². The van der Waals surface area contributed by atoms with Crippen molar-refractivity contribution in [2.75, 3.05) is 7.11 Å². The highest BCUT2D eigenvalue weighted by molar-refractivity contribution is 5.73. The van der Waals surface area contributed by atoms with Gasteiger partial charge in [0.05, 0.1) is 7.11 Å². The van der Waals surface area contributed by atoms with E-state index in [-0.39, 0.29) is 0 Å². The van der Waals surface area contributed by atoms with Crippen LogP contribution in [0.15, 0.2) is 18.3 Å². The molecular formula is C12H18N2O3. The van der Waals surface area contributed by atoms with E-state index in [2.05, 4.69) is 10.3 Å². The van der Waals surface area contributed by atoms with E-state index < -0.39 is 12.0 Å². The van der Waals surface area contributed by atoms with Gasteiger partial charge in [0, 0.05) is 18.3 Å². The molecule has 0 aliphatic carbocycles. The minimum absolute atomic E-state index is 0.438. The molecule has 0 aromatic carbocycles. The molecule has 1 heterocycles. The lowest BCUT2D eigenvalue weighted by Crippen LogP contribution is -2.36. The van der Waals surface area contributed by atoms with Crippen LogP contribution in [0.25, 0.3) is 0 Å². The third kappa shape index (κ3) is 4.03. The van der Waals surface area contributed by atoms with E-state index in [1.807, 2.05) is 13.0 Å². The first-order valence-electron chi connectivity index (χ1n) is 5.63. The molecule has 0 spiro atoms. The van der Waals surface area contributed by atoms with Gasteiger partial charge in [-0.25, -0.2) is 4.98 Å². The lowest BCUT2D eigenvalue weighted by Gasteiger charge is -2.14. The van der Waals surface area contributed by atoms with Gasteiger partial charge in [0.1, 0.15) is 6.04 Å². The van der Waals surface area contributed by atoms with Crippen molar-refractivity contribution in [2.45, 2.75) is 32.4 Å². The van der Waals surface area contributed by atoms with Crippen LogP contribution in [-0.2, 0) is 11.3 Å². The number of aromatic nitrogens is 1. The number of hydrogen-bond donors (Lipinski definition) is 2. The number of hydrogen-bond acceptors (Lipinski definition) is 4. The molecule has 0 amide bonds. The van der Waals surface area contributed by atoms with E-state index in [0.29, 0.717) is 18.8 Å². The zero-order chi connectivity index (χ0) is 12.7. The van der Waals surface area contributed by atoms with Gasteiger partial charge in [-0.2, -0.15) is 0 Å². The Morgan fingerprint density at radius 3 is 3.00 bits per heavy atom. The van der Waals surface area contributed by atoms with Gasteiger partial charge in [-0.3, -0.25) is 4.79 Å². The molecule has 2 N–H and O–H groups in total. The number of methoxy groups -OCH3 is 1. The summed E-state index contributed by atoms with van der Waals surface area (Å²) in [5.74, 6) is -0.296. The van der Waals surface area contributed by atoms with E-state index in [1.54, 1.807) is 19.4 Å². The average molecular weight is 238 g/mol. The number of carboxylic acids is 1. The highest BCUT2D eigenvalue weighted by atomic mass is 16.5. The van der Waals surface area contributed by atoms with Crippen LogP contribution in [0, 0.1) is 0 Å². The summed E-state index contributed by atoms with van der Waals surface area (Å²) >= 11 is 0. The van der Waals surface area contributed by atoms with E-state index in [1.165, 1.54) is 0 Å². The first kappa shape index (κ1) is 13.4. The fourth-order valence-electron chi connectivity index (χ4n) is 1.58. The lowest BCUT2D eigenvalue weighted by molar-refractivity contribution is -0.139. The van der Waals surface area contributed by atoms with Crippen LogP contribution in [0.2, 0.25) is 0 Å². The smallest absolute Gasteiger partial charge is 0.320 e. The van der Waals surface area contributed by atoms with Crippen molar-refractivity contribution in [3.63, 3.8) is 0 Å². The quantitative estimate of drug-likeness (QED) is 0.752. The minimum Gasteiger partial charge on any atom is -0.481 e. The molecule has 5 nitrogen and oxygen atoms in total. The van der Waals surface area contributed by atoms with Crippen LogP contribution in [0.1, 0.15) is 25.3 Å². The number of aliphatic carboxylic acids is 1. The number of ether oxygens (including phenoxy) is 1. The number of pyridine rings is 1. The molecule has 0 saturated heterocycles. The van der Waals surface area contributed by atoms with Gasteiger partial charge in [-0.05, 0) is 12.5 Å². The van der Waals surface area contributed by atoms with Crippen molar-refractivity contribution in [1.82, 2.24) is 10.3 Å². The second-order valence-electron chi connectivity index (χ2n) is 3.73. The van der Waals surface area contributed by atoms with Crippen molar-refractivity contribution in [2.24, 2.45) is 0 Å². The normalized spacial score (nSPS) is 12.1. The molecule has 1 atom stereocenters. The number of nitrogens with zero attached hydrogens (tertiary/aromatic N) is 1. The zero-order valence-corrected chi connectivity index (χ0v) is 10.1. The molecule has 0 aliphatic heterocycles. The van der Waals surface area contributed by atoms with Gasteiger partial charge in [0.25, 0.3) is 0 Å². The highest BCUT2D eigenvalue weighted by Gasteiger charge is 2.16. The van der Waals surface area contributed by atoms with Crippen molar-refractivity contribution >= 4 is 5.97 Å². The second kappa shape index (κ2) is 6.85. The molecule has 0 fully saturated rings. The summed E-state index contributed by atoms with van der Waals surface area (Å²) in [6.45, 7) is 2.40. The van der Waals surface area contributed by atoms with Gasteiger partial charge in [0.2, 0.25) is 5.88 Å². The summed E-state index contributed by atoms with van der Waals surface area (Å²) in [4.78, 5) is 15.0. The molecule has 0 saturated carbocycles. The number of nitrogens with one attached hydrogen (secondary N) is 1. The van der Waals surface area contributed by atoms with Crippen molar-refractivity contribution in [3.8, 4) is 5.88 Å². The van der Waals surface area contributed by atoms with Crippen molar-refractivity contribution in [1.29, 1.82) is 0 Å². The van der Waals surface area contributed by atoms with E-state index in [4.69, 9.17) is 9.84 Å². The van der Waals surface area contributed by atoms with Gasteiger partial charge in [0.15, 0.2) is 0 Å². The van der Waals surface area contributed by atoms with Crippen LogP contribution >= 0.6 is 0 Å². The highest BCUT2D eigenvalue weighted by Crippen LogP contribution is 2.13. The van der Waals surface area contributed by atoms with Crippen molar-refractivity contribution < 1.29 is 14.6 Å². The molecule has 5 heteroatoms. The molecule has 0 aliphatic rings. The van der Waals surface area contributed by atoms with E-state index in [9.17, 15) is 4.79 Å². The summed E-state index contributed by atoms with van der Waals surface area (Å²) in [5.41, 5.74) is 0.859. The monoisotopic (exact) mass is 238 g/mol. The average Bonchev–Trinajstić information content (AvgIpc) is 2.34. The van der Waals surface area contributed by atoms with Gasteiger partial charge in [-0.15, -0.1) is 0 Å². The Hall–Kier alpha value is -1.62. The molecule has 1 unspecified atom stereocenters. The fourth-order valence-corrected chi connectivity index (χ4v) is 1.58. The van der Waals surface area contributed by atoms with Crippen molar-refractivity contribution in [3.05, 3.63) is 23.9 Å². The number of carboxylic acid groups (broad SMARTS) is 1. The third-order valence-corrected chi connectivity index (χ3v) is 2.46. The topological polar surface area (TPSA) is 71.5 Å². The predicted molar refractivity (Wildman–Crippen MR) is 64.0 cm³/mol. The van der Waals surface area contributed by atoms with Gasteiger partial charge < -0.3 is 15.2 Å². The number of carbonyl (C=O) groups is 1. The van der Waals surface area contributed by atoms with E-state index in [0.717, 1.165) is 12.0 Å². The number of rotatable bonds is 7. The van der Waals surface area contributed by atoms with Crippen LogP contribution < -0.4 is 10.1 Å². The molecule has 1 rings (SSSR count). The fraction of sp³-hybridized carbons (Fsp3) is 0.500. The Bertz CT molecular complexity index is 369. The Morgan fingerprint density at radius 1 is 1.65 bits per heavy atom. The molecular weight excluding hydrogens is 220 g/mol. The maximum atomic E-state index is 11.0. The Labute approximate surface area is 101 Å². The SMILES string of the molecule is CCCC(NCc1cccnc1OC)C(=O)O. The first-order chi connectivity index (χ1) is 8.19. The lowest BCUT2D eigenvalue weighted by atomic mass is 10.1. The summed E-state index contributed by atoms with van der Waals surface area (Å²) in [6, 6.07) is 3.14. The maximum Gasteiger partial charge on any atom is 0.320 e. The second-order valence-corrected chi connectivity index (χ2v) is 3.73. The van der Waals surface area contributed by atoms with Crippen LogP contribution in [0.3, 0.4) is 0 Å². The molecule has 0 bridgehead atoms. The van der Waals surface area contributed by atoms with E-state index >= 15 is 0 Å². The molecule has 1 aromatic rings. The molecule has 0 radical (unpaired) electrons. The predicted octanol–water partition coefficient (Wildman–Crippen LogP) is 1.43. The zero-order valence-electron chi connectivity index (χ0n) is 10.1. The van der Waals surface area contributed by atoms with Gasteiger partial charge >= 0.3 is 5.97 Å². The summed E-state index contributed by atoms with van der Waals surface area (Å²) in [5, 5.41) is 12.0. The maximum absolute atomic E-state index is 11.0. The van der Waals surface area contributed by atoms with Crippen LogP contribution in [0.5, 0.6) is 5.88 Å².